The molecule has 1 heterocycles. The first kappa shape index (κ1) is 11.3. The Morgan fingerprint density at radius 1 is 1.36 bits per heavy atom. The van der Waals surface area contributed by atoms with Crippen molar-refractivity contribution in [1.29, 1.82) is 0 Å². The fourth-order valence-electron chi connectivity index (χ4n) is 1.32. The van der Waals surface area contributed by atoms with Gasteiger partial charge in [0.25, 0.3) is 0 Å². The van der Waals surface area contributed by atoms with E-state index in [2.05, 4.69) is 16.8 Å². The van der Waals surface area contributed by atoms with Crippen LogP contribution in [0.3, 0.4) is 0 Å². The van der Waals surface area contributed by atoms with Gasteiger partial charge in [-0.3, -0.25) is 0 Å². The van der Waals surface area contributed by atoms with Crippen LogP contribution < -0.4 is 4.90 Å². The van der Waals surface area contributed by atoms with Crippen LogP contribution in [0.25, 0.3) is 0 Å². The van der Waals surface area contributed by atoms with E-state index >= 15 is 0 Å². The zero-order chi connectivity index (χ0) is 10.4. The molecule has 0 atom stereocenters. The zero-order valence-corrected chi connectivity index (χ0v) is 9.59. The Kier molecular flexibility index (Phi) is 4.74. The molecule has 0 saturated carbocycles. The van der Waals surface area contributed by atoms with E-state index in [-0.39, 0.29) is 0 Å². The number of rotatable bonds is 5. The molecule has 14 heavy (non-hydrogen) atoms. The average molecular weight is 213 g/mol. The maximum atomic E-state index is 5.81. The van der Waals surface area contributed by atoms with E-state index in [1.807, 2.05) is 19.2 Å². The molecule has 0 bridgehead atoms. The molecule has 0 saturated heterocycles. The Balaban J connectivity index is 2.47. The number of aromatic nitrogens is 1. The molecule has 0 aliphatic rings. The molecule has 0 spiro atoms. The van der Waals surface area contributed by atoms with Gasteiger partial charge in [-0.2, -0.15) is 0 Å². The number of nitrogens with zero attached hydrogens (tertiary/aromatic N) is 2. The van der Waals surface area contributed by atoms with E-state index in [0.29, 0.717) is 5.15 Å². The van der Waals surface area contributed by atoms with E-state index in [9.17, 15) is 0 Å². The van der Waals surface area contributed by atoms with Crippen LogP contribution >= 0.6 is 11.6 Å². The predicted octanol–water partition coefficient (Wildman–Crippen LogP) is 3.36. The molecule has 1 aromatic heterocycles. The molecule has 78 valence electrons. The summed E-state index contributed by atoms with van der Waals surface area (Å²) in [4.78, 5) is 6.38. The molecule has 1 rings (SSSR count). The van der Waals surface area contributed by atoms with Gasteiger partial charge in [0.2, 0.25) is 0 Å². The number of pyridine rings is 1. The molecule has 0 N–H and O–H groups in total. The molecular weight excluding hydrogens is 196 g/mol. The molecule has 0 unspecified atom stereocenters. The lowest BCUT2D eigenvalue weighted by molar-refractivity contribution is 0.701. The minimum absolute atomic E-state index is 0.560. The van der Waals surface area contributed by atoms with Gasteiger partial charge >= 0.3 is 0 Å². The Bertz CT molecular complexity index is 276. The second kappa shape index (κ2) is 5.86. The van der Waals surface area contributed by atoms with Crippen molar-refractivity contribution in [1.82, 2.24) is 4.98 Å². The van der Waals surface area contributed by atoms with Crippen LogP contribution in [0.2, 0.25) is 5.15 Å². The fraction of sp³-hybridized carbons (Fsp3) is 0.545. The summed E-state index contributed by atoms with van der Waals surface area (Å²) in [5.74, 6) is 0.952. The third kappa shape index (κ3) is 3.54. The molecule has 0 aromatic carbocycles. The topological polar surface area (TPSA) is 16.1 Å². The SMILES string of the molecule is CCCCCN(C)c1cccc(Cl)n1. The molecule has 1 aromatic rings. The van der Waals surface area contributed by atoms with Gasteiger partial charge in [0.15, 0.2) is 0 Å². The van der Waals surface area contributed by atoms with Gasteiger partial charge in [0.1, 0.15) is 11.0 Å². The van der Waals surface area contributed by atoms with E-state index in [4.69, 9.17) is 11.6 Å². The van der Waals surface area contributed by atoms with Gasteiger partial charge in [0, 0.05) is 13.6 Å². The second-order valence-electron chi connectivity index (χ2n) is 3.45. The summed E-state index contributed by atoms with van der Waals surface area (Å²) < 4.78 is 0. The summed E-state index contributed by atoms with van der Waals surface area (Å²) in [6.45, 7) is 3.25. The maximum Gasteiger partial charge on any atom is 0.131 e. The van der Waals surface area contributed by atoms with Crippen molar-refractivity contribution in [3.8, 4) is 0 Å². The first-order valence-electron chi connectivity index (χ1n) is 5.07. The summed E-state index contributed by atoms with van der Waals surface area (Å²) in [7, 11) is 2.05. The van der Waals surface area contributed by atoms with Crippen LogP contribution in [0.4, 0.5) is 5.82 Å². The quantitative estimate of drug-likeness (QED) is 0.550. The highest BCUT2D eigenvalue weighted by atomic mass is 35.5. The molecule has 0 aliphatic carbocycles. The number of hydrogen-bond acceptors (Lipinski definition) is 2. The van der Waals surface area contributed by atoms with Crippen LogP contribution in [0, 0.1) is 0 Å². The highest BCUT2D eigenvalue weighted by Crippen LogP contribution is 2.13. The molecule has 0 amide bonds. The van der Waals surface area contributed by atoms with Gasteiger partial charge in [-0.1, -0.05) is 37.4 Å². The average Bonchev–Trinajstić information content (AvgIpc) is 2.18. The van der Waals surface area contributed by atoms with E-state index in [1.54, 1.807) is 6.07 Å². The normalized spacial score (nSPS) is 10.2. The molecule has 0 fully saturated rings. The monoisotopic (exact) mass is 212 g/mol. The first-order chi connectivity index (χ1) is 6.74. The Labute approximate surface area is 90.9 Å². The van der Waals surface area contributed by atoms with Crippen LogP contribution in [0.15, 0.2) is 18.2 Å². The number of anilines is 1. The minimum atomic E-state index is 0.560. The minimum Gasteiger partial charge on any atom is -0.360 e. The van der Waals surface area contributed by atoms with Crippen molar-refractivity contribution in [3.05, 3.63) is 23.4 Å². The van der Waals surface area contributed by atoms with Crippen LogP contribution in [-0.4, -0.2) is 18.6 Å². The van der Waals surface area contributed by atoms with E-state index < -0.39 is 0 Å². The number of unbranched alkanes of at least 4 members (excludes halogenated alkanes) is 2. The lowest BCUT2D eigenvalue weighted by Gasteiger charge is -2.17. The lowest BCUT2D eigenvalue weighted by atomic mass is 10.2. The molecule has 3 heteroatoms. The summed E-state index contributed by atoms with van der Waals surface area (Å²) in [5, 5.41) is 0.560. The molecular formula is C11H17ClN2. The lowest BCUT2D eigenvalue weighted by Crippen LogP contribution is -2.19. The maximum absolute atomic E-state index is 5.81. The Morgan fingerprint density at radius 2 is 2.14 bits per heavy atom. The largest absolute Gasteiger partial charge is 0.360 e. The van der Waals surface area contributed by atoms with Crippen molar-refractivity contribution in [2.75, 3.05) is 18.5 Å². The van der Waals surface area contributed by atoms with Crippen molar-refractivity contribution in [2.45, 2.75) is 26.2 Å². The Morgan fingerprint density at radius 3 is 2.79 bits per heavy atom. The van der Waals surface area contributed by atoms with Crippen molar-refractivity contribution >= 4 is 17.4 Å². The van der Waals surface area contributed by atoms with Gasteiger partial charge in [-0.15, -0.1) is 0 Å². The standard InChI is InChI=1S/C11H17ClN2/c1-3-4-5-9-14(2)11-8-6-7-10(12)13-11/h6-8H,3-5,9H2,1-2H3. The summed E-state index contributed by atoms with van der Waals surface area (Å²) >= 11 is 5.81. The van der Waals surface area contributed by atoms with Crippen LogP contribution in [-0.2, 0) is 0 Å². The van der Waals surface area contributed by atoms with Crippen molar-refractivity contribution in [3.63, 3.8) is 0 Å². The molecule has 2 nitrogen and oxygen atoms in total. The third-order valence-electron chi connectivity index (χ3n) is 2.19. The predicted molar refractivity (Wildman–Crippen MR) is 62.0 cm³/mol. The van der Waals surface area contributed by atoms with Crippen molar-refractivity contribution < 1.29 is 0 Å². The van der Waals surface area contributed by atoms with Gasteiger partial charge in [-0.25, -0.2) is 4.98 Å². The van der Waals surface area contributed by atoms with E-state index in [1.165, 1.54) is 19.3 Å². The van der Waals surface area contributed by atoms with E-state index in [0.717, 1.165) is 12.4 Å². The number of hydrogen-bond donors (Lipinski definition) is 0. The zero-order valence-electron chi connectivity index (χ0n) is 8.83. The molecule has 0 aliphatic heterocycles. The summed E-state index contributed by atoms with van der Waals surface area (Å²) in [6.07, 6.45) is 3.73. The second-order valence-corrected chi connectivity index (χ2v) is 3.83. The van der Waals surface area contributed by atoms with Gasteiger partial charge in [-0.05, 0) is 18.6 Å². The van der Waals surface area contributed by atoms with Gasteiger partial charge in [0.05, 0.1) is 0 Å². The first-order valence-corrected chi connectivity index (χ1v) is 5.45. The summed E-state index contributed by atoms with van der Waals surface area (Å²) in [6, 6.07) is 5.71. The third-order valence-corrected chi connectivity index (χ3v) is 2.40. The molecule has 0 radical (unpaired) electrons. The highest BCUT2D eigenvalue weighted by molar-refractivity contribution is 6.29. The van der Waals surface area contributed by atoms with Gasteiger partial charge < -0.3 is 4.90 Å². The highest BCUT2D eigenvalue weighted by Gasteiger charge is 2.01. The Hall–Kier alpha value is -0.760. The fourth-order valence-corrected chi connectivity index (χ4v) is 1.48. The van der Waals surface area contributed by atoms with Crippen LogP contribution in [0.5, 0.6) is 0 Å². The smallest absolute Gasteiger partial charge is 0.131 e. The number of halogens is 1. The summed E-state index contributed by atoms with van der Waals surface area (Å²) in [5.41, 5.74) is 0. The van der Waals surface area contributed by atoms with Crippen LogP contribution in [0.1, 0.15) is 26.2 Å². The van der Waals surface area contributed by atoms with Crippen molar-refractivity contribution in [2.24, 2.45) is 0 Å².